The van der Waals surface area contributed by atoms with Crippen LogP contribution in [0.3, 0.4) is 0 Å². The van der Waals surface area contributed by atoms with Gasteiger partial charge in [0, 0.05) is 0 Å². The Labute approximate surface area is 140 Å². The molecule has 0 aliphatic rings. The van der Waals surface area contributed by atoms with Crippen molar-refractivity contribution in [3.05, 3.63) is 0 Å². The van der Waals surface area contributed by atoms with Crippen LogP contribution in [0.25, 0.3) is 0 Å². The molecule has 0 aliphatic carbocycles. The molecule has 1 N–H and O–H groups in total. The molecule has 0 aliphatic heterocycles. The SMILES string of the molecule is CCCCC(OC(=O)C(O)(CCCC)CCCC)C(=O)OCC. The van der Waals surface area contributed by atoms with Crippen LogP contribution in [-0.2, 0) is 19.1 Å². The van der Waals surface area contributed by atoms with E-state index in [1.165, 1.54) is 0 Å². The smallest absolute Gasteiger partial charge is 0.347 e. The molecule has 0 heterocycles. The van der Waals surface area contributed by atoms with Gasteiger partial charge in [-0.1, -0.05) is 52.9 Å². The van der Waals surface area contributed by atoms with Crippen molar-refractivity contribution in [2.45, 2.75) is 97.2 Å². The zero-order valence-corrected chi connectivity index (χ0v) is 15.2. The van der Waals surface area contributed by atoms with Crippen molar-refractivity contribution in [1.82, 2.24) is 0 Å². The topological polar surface area (TPSA) is 72.8 Å². The molecule has 0 aromatic rings. The molecular formula is C18H34O5. The van der Waals surface area contributed by atoms with Crippen molar-refractivity contribution < 1.29 is 24.2 Å². The summed E-state index contributed by atoms with van der Waals surface area (Å²) in [5, 5.41) is 10.7. The summed E-state index contributed by atoms with van der Waals surface area (Å²) in [6.45, 7) is 7.98. The first-order valence-electron chi connectivity index (χ1n) is 9.05. The third-order valence-electron chi connectivity index (χ3n) is 3.89. The monoisotopic (exact) mass is 330 g/mol. The maximum Gasteiger partial charge on any atom is 0.347 e. The molecule has 0 aromatic carbocycles. The van der Waals surface area contributed by atoms with Gasteiger partial charge in [-0.05, 0) is 32.6 Å². The fourth-order valence-electron chi connectivity index (χ4n) is 2.36. The summed E-state index contributed by atoms with van der Waals surface area (Å²) < 4.78 is 10.3. The second-order valence-corrected chi connectivity index (χ2v) is 6.03. The van der Waals surface area contributed by atoms with E-state index in [-0.39, 0.29) is 6.61 Å². The second-order valence-electron chi connectivity index (χ2n) is 6.03. The Morgan fingerprint density at radius 3 is 1.91 bits per heavy atom. The Kier molecular flexibility index (Phi) is 11.7. The molecule has 0 saturated heterocycles. The Hall–Kier alpha value is -1.10. The standard InChI is InChI=1S/C18H34O5/c1-5-9-12-15(16(19)22-8-4)23-17(20)18(21,13-10-6-2)14-11-7-3/h15,21H,5-14H2,1-4H3. The second kappa shape index (κ2) is 12.3. The molecule has 0 radical (unpaired) electrons. The van der Waals surface area contributed by atoms with Gasteiger partial charge in [-0.2, -0.15) is 0 Å². The van der Waals surface area contributed by atoms with Gasteiger partial charge in [0.25, 0.3) is 0 Å². The number of ether oxygens (including phenoxy) is 2. The Bertz CT molecular complexity index is 332. The summed E-state index contributed by atoms with van der Waals surface area (Å²) in [6, 6.07) is 0. The number of hydrogen-bond donors (Lipinski definition) is 1. The quantitative estimate of drug-likeness (QED) is 0.520. The zero-order valence-electron chi connectivity index (χ0n) is 15.2. The van der Waals surface area contributed by atoms with Crippen molar-refractivity contribution in [2.75, 3.05) is 6.61 Å². The number of aliphatic hydroxyl groups is 1. The molecule has 0 fully saturated rings. The van der Waals surface area contributed by atoms with E-state index in [1.54, 1.807) is 6.92 Å². The lowest BCUT2D eigenvalue weighted by molar-refractivity contribution is -0.182. The van der Waals surface area contributed by atoms with Crippen molar-refractivity contribution >= 4 is 11.9 Å². The average Bonchev–Trinajstić information content (AvgIpc) is 2.54. The van der Waals surface area contributed by atoms with E-state index >= 15 is 0 Å². The molecule has 0 aromatic heterocycles. The van der Waals surface area contributed by atoms with Crippen LogP contribution >= 0.6 is 0 Å². The van der Waals surface area contributed by atoms with E-state index in [4.69, 9.17) is 9.47 Å². The number of rotatable bonds is 13. The number of esters is 2. The number of carbonyl (C=O) groups is 2. The summed E-state index contributed by atoms with van der Waals surface area (Å²) in [5.74, 6) is -1.21. The summed E-state index contributed by atoms with van der Waals surface area (Å²) in [4.78, 5) is 24.4. The van der Waals surface area contributed by atoms with Crippen LogP contribution in [0.15, 0.2) is 0 Å². The predicted molar refractivity (Wildman–Crippen MR) is 90.0 cm³/mol. The summed E-state index contributed by atoms with van der Waals surface area (Å²) >= 11 is 0. The highest BCUT2D eigenvalue weighted by atomic mass is 16.6. The molecule has 136 valence electrons. The van der Waals surface area contributed by atoms with Gasteiger partial charge >= 0.3 is 11.9 Å². The summed E-state index contributed by atoms with van der Waals surface area (Å²) in [5.41, 5.74) is -1.50. The molecule has 0 spiro atoms. The average molecular weight is 330 g/mol. The first kappa shape index (κ1) is 21.9. The van der Waals surface area contributed by atoms with E-state index in [0.717, 1.165) is 38.5 Å². The van der Waals surface area contributed by atoms with Gasteiger partial charge in [-0.3, -0.25) is 0 Å². The van der Waals surface area contributed by atoms with Crippen molar-refractivity contribution in [3.63, 3.8) is 0 Å². The fraction of sp³-hybridized carbons (Fsp3) is 0.889. The lowest BCUT2D eigenvalue weighted by Gasteiger charge is -2.28. The number of carbonyl (C=O) groups excluding carboxylic acids is 2. The van der Waals surface area contributed by atoms with Gasteiger partial charge in [0.1, 0.15) is 0 Å². The molecule has 0 amide bonds. The first-order chi connectivity index (χ1) is 10.9. The van der Waals surface area contributed by atoms with E-state index in [2.05, 4.69) is 0 Å². The lowest BCUT2D eigenvalue weighted by Crippen LogP contribution is -2.43. The van der Waals surface area contributed by atoms with Crippen molar-refractivity contribution in [2.24, 2.45) is 0 Å². The van der Waals surface area contributed by atoms with Gasteiger partial charge in [0.15, 0.2) is 11.7 Å². The van der Waals surface area contributed by atoms with Gasteiger partial charge in [-0.25, -0.2) is 9.59 Å². The van der Waals surface area contributed by atoms with E-state index in [9.17, 15) is 14.7 Å². The molecule has 0 bridgehead atoms. The van der Waals surface area contributed by atoms with Crippen LogP contribution in [0.4, 0.5) is 0 Å². The molecule has 5 heteroatoms. The molecule has 1 atom stereocenters. The van der Waals surface area contributed by atoms with Gasteiger partial charge < -0.3 is 14.6 Å². The van der Waals surface area contributed by atoms with Gasteiger partial charge in [0.05, 0.1) is 6.61 Å². The number of unbranched alkanes of at least 4 members (excludes halogenated alkanes) is 3. The largest absolute Gasteiger partial charge is 0.463 e. The zero-order chi connectivity index (χ0) is 17.7. The maximum atomic E-state index is 12.5. The predicted octanol–water partition coefficient (Wildman–Crippen LogP) is 3.76. The van der Waals surface area contributed by atoms with Gasteiger partial charge in [-0.15, -0.1) is 0 Å². The van der Waals surface area contributed by atoms with E-state index in [1.807, 2.05) is 20.8 Å². The van der Waals surface area contributed by atoms with Crippen LogP contribution in [0.5, 0.6) is 0 Å². The lowest BCUT2D eigenvalue weighted by atomic mass is 9.91. The Morgan fingerprint density at radius 1 is 0.957 bits per heavy atom. The van der Waals surface area contributed by atoms with Crippen LogP contribution in [0.1, 0.15) is 85.5 Å². The Morgan fingerprint density at radius 2 is 1.48 bits per heavy atom. The molecule has 23 heavy (non-hydrogen) atoms. The molecule has 0 rings (SSSR count). The van der Waals surface area contributed by atoms with Crippen LogP contribution in [-0.4, -0.2) is 35.4 Å². The highest BCUT2D eigenvalue weighted by molar-refractivity contribution is 5.83. The molecular weight excluding hydrogens is 296 g/mol. The van der Waals surface area contributed by atoms with Crippen LogP contribution in [0.2, 0.25) is 0 Å². The molecule has 1 unspecified atom stereocenters. The summed E-state index contributed by atoms with van der Waals surface area (Å²) in [7, 11) is 0. The van der Waals surface area contributed by atoms with Crippen molar-refractivity contribution in [3.8, 4) is 0 Å². The van der Waals surface area contributed by atoms with Crippen LogP contribution in [0, 0.1) is 0 Å². The maximum absolute atomic E-state index is 12.5. The number of hydrogen-bond acceptors (Lipinski definition) is 5. The highest BCUT2D eigenvalue weighted by Crippen LogP contribution is 2.24. The first-order valence-corrected chi connectivity index (χ1v) is 9.05. The Balaban J connectivity index is 4.94. The fourth-order valence-corrected chi connectivity index (χ4v) is 2.36. The van der Waals surface area contributed by atoms with Crippen LogP contribution < -0.4 is 0 Å². The third-order valence-corrected chi connectivity index (χ3v) is 3.89. The highest BCUT2D eigenvalue weighted by Gasteiger charge is 2.39. The van der Waals surface area contributed by atoms with Gasteiger partial charge in [0.2, 0.25) is 0 Å². The minimum atomic E-state index is -1.50. The summed E-state index contributed by atoms with van der Waals surface area (Å²) in [6.07, 6.45) is 5.16. The third kappa shape index (κ3) is 8.35. The minimum Gasteiger partial charge on any atom is -0.463 e. The van der Waals surface area contributed by atoms with E-state index in [0.29, 0.717) is 19.3 Å². The minimum absolute atomic E-state index is 0.245. The van der Waals surface area contributed by atoms with Crippen molar-refractivity contribution in [1.29, 1.82) is 0 Å². The van der Waals surface area contributed by atoms with E-state index < -0.39 is 23.6 Å². The molecule has 5 nitrogen and oxygen atoms in total. The molecule has 0 saturated carbocycles. The normalized spacial score (nSPS) is 12.7.